The first kappa shape index (κ1) is 22.1. The Morgan fingerprint density at radius 2 is 1.97 bits per heavy atom. The van der Waals surface area contributed by atoms with E-state index < -0.39 is 0 Å². The fourth-order valence-electron chi connectivity index (χ4n) is 7.20. The van der Waals surface area contributed by atoms with Crippen LogP contribution in [0.25, 0.3) is 0 Å². The lowest BCUT2D eigenvalue weighted by molar-refractivity contribution is -0.228. The summed E-state index contributed by atoms with van der Waals surface area (Å²) in [4.78, 5) is 0. The standard InChI is InChI=1S/C26H40O5/c1-14(2)6-7-16-19(27)9-8-15-18-13-29-21-12-20-17(10-11-26(3,4)31-20)24(28-5)22(21)25(18)30-23(15)16/h6,10-11,15-25,27H,7-9,12-13H2,1-5H3. The summed E-state index contributed by atoms with van der Waals surface area (Å²) in [6, 6.07) is 0. The van der Waals surface area contributed by atoms with Crippen LogP contribution in [-0.2, 0) is 18.9 Å². The molecule has 11 atom stereocenters. The number of ether oxygens (including phenoxy) is 4. The number of hydrogen-bond donors (Lipinski definition) is 1. The van der Waals surface area contributed by atoms with Crippen molar-refractivity contribution in [1.82, 2.24) is 0 Å². The molecule has 3 aliphatic heterocycles. The number of aliphatic hydroxyl groups is 1. The predicted molar refractivity (Wildman–Crippen MR) is 119 cm³/mol. The van der Waals surface area contributed by atoms with Crippen LogP contribution in [-0.4, -0.2) is 61.0 Å². The second kappa shape index (κ2) is 8.25. The van der Waals surface area contributed by atoms with Gasteiger partial charge in [-0.25, -0.2) is 0 Å². The maximum Gasteiger partial charge on any atom is 0.0810 e. The van der Waals surface area contributed by atoms with Crippen LogP contribution in [0.4, 0.5) is 0 Å². The second-order valence-corrected chi connectivity index (χ2v) is 11.3. The predicted octanol–water partition coefficient (Wildman–Crippen LogP) is 3.90. The zero-order valence-corrected chi connectivity index (χ0v) is 19.7. The normalized spacial score (nSPS) is 50.1. The van der Waals surface area contributed by atoms with Crippen molar-refractivity contribution in [3.05, 3.63) is 23.8 Å². The van der Waals surface area contributed by atoms with Gasteiger partial charge in [0.1, 0.15) is 0 Å². The SMILES string of the molecule is COC1C2C=CC(C)(C)OC2CC2OCC3C4CCC(O)C(CC=C(C)C)C4OC3C21. The van der Waals surface area contributed by atoms with E-state index in [1.54, 1.807) is 0 Å². The third-order valence-electron chi connectivity index (χ3n) is 8.63. The van der Waals surface area contributed by atoms with Crippen LogP contribution in [0.1, 0.15) is 53.4 Å². The summed E-state index contributed by atoms with van der Waals surface area (Å²) in [6.45, 7) is 9.25. The molecule has 0 aromatic rings. The van der Waals surface area contributed by atoms with Gasteiger partial charge >= 0.3 is 0 Å². The van der Waals surface area contributed by atoms with Crippen molar-refractivity contribution >= 4 is 0 Å². The molecule has 0 radical (unpaired) electrons. The van der Waals surface area contributed by atoms with E-state index in [9.17, 15) is 5.11 Å². The summed E-state index contributed by atoms with van der Waals surface area (Å²) < 4.78 is 26.0. The number of aliphatic hydroxyl groups excluding tert-OH is 1. The van der Waals surface area contributed by atoms with Crippen molar-refractivity contribution in [2.24, 2.45) is 29.6 Å². The first-order valence-electron chi connectivity index (χ1n) is 12.3. The van der Waals surface area contributed by atoms with E-state index in [1.165, 1.54) is 5.57 Å². The summed E-state index contributed by atoms with van der Waals surface area (Å²) in [6.07, 6.45) is 10.7. The molecule has 0 amide bonds. The molecule has 4 fully saturated rings. The van der Waals surface area contributed by atoms with Gasteiger partial charge in [-0.1, -0.05) is 23.8 Å². The summed E-state index contributed by atoms with van der Waals surface area (Å²) in [5.74, 6) is 1.49. The van der Waals surface area contributed by atoms with Crippen molar-refractivity contribution in [2.45, 2.75) is 95.6 Å². The summed E-state index contributed by atoms with van der Waals surface area (Å²) >= 11 is 0. The van der Waals surface area contributed by atoms with Crippen molar-refractivity contribution in [3.8, 4) is 0 Å². The van der Waals surface area contributed by atoms with Gasteiger partial charge in [0.15, 0.2) is 0 Å². The Bertz CT molecular complexity index is 725. The quantitative estimate of drug-likeness (QED) is 0.686. The van der Waals surface area contributed by atoms with Gasteiger partial charge in [-0.05, 0) is 52.9 Å². The Balaban J connectivity index is 1.41. The van der Waals surface area contributed by atoms with E-state index in [4.69, 9.17) is 18.9 Å². The van der Waals surface area contributed by atoms with Crippen LogP contribution < -0.4 is 0 Å². The van der Waals surface area contributed by atoms with E-state index in [0.717, 1.165) is 32.3 Å². The average molecular weight is 433 g/mol. The molecule has 0 bridgehead atoms. The molecule has 5 aliphatic rings. The van der Waals surface area contributed by atoms with Crippen molar-refractivity contribution in [3.63, 3.8) is 0 Å². The molecule has 174 valence electrons. The Hall–Kier alpha value is -0.720. The minimum atomic E-state index is -0.278. The summed E-state index contributed by atoms with van der Waals surface area (Å²) in [5.41, 5.74) is 1.06. The number of hydrogen-bond acceptors (Lipinski definition) is 5. The highest BCUT2D eigenvalue weighted by molar-refractivity contribution is 5.16. The van der Waals surface area contributed by atoms with E-state index in [-0.39, 0.29) is 60.0 Å². The minimum absolute atomic E-state index is 0.0326. The van der Waals surface area contributed by atoms with Crippen LogP contribution in [0.5, 0.6) is 0 Å². The van der Waals surface area contributed by atoms with Crippen LogP contribution >= 0.6 is 0 Å². The fourth-order valence-corrected chi connectivity index (χ4v) is 7.20. The molecule has 2 aliphatic carbocycles. The van der Waals surface area contributed by atoms with Crippen molar-refractivity contribution in [2.75, 3.05) is 13.7 Å². The molecule has 0 spiro atoms. The molecule has 1 N–H and O–H groups in total. The summed E-state index contributed by atoms with van der Waals surface area (Å²) in [7, 11) is 1.82. The Labute approximate surface area is 187 Å². The zero-order chi connectivity index (χ0) is 21.9. The Morgan fingerprint density at radius 3 is 2.71 bits per heavy atom. The van der Waals surface area contributed by atoms with Gasteiger partial charge in [-0.2, -0.15) is 0 Å². The van der Waals surface area contributed by atoms with E-state index in [1.807, 2.05) is 7.11 Å². The molecule has 3 heterocycles. The van der Waals surface area contributed by atoms with Gasteiger partial charge in [0.2, 0.25) is 0 Å². The largest absolute Gasteiger partial charge is 0.393 e. The third-order valence-corrected chi connectivity index (χ3v) is 8.63. The van der Waals surface area contributed by atoms with E-state index in [0.29, 0.717) is 11.8 Å². The van der Waals surface area contributed by atoms with E-state index in [2.05, 4.69) is 45.9 Å². The highest BCUT2D eigenvalue weighted by atomic mass is 16.5. The lowest BCUT2D eigenvalue weighted by Crippen LogP contribution is -2.61. The topological polar surface area (TPSA) is 57.2 Å². The first-order chi connectivity index (χ1) is 14.8. The Morgan fingerprint density at radius 1 is 1.16 bits per heavy atom. The molecular formula is C26H40O5. The van der Waals surface area contributed by atoms with Gasteiger partial charge in [0.05, 0.1) is 48.8 Å². The monoisotopic (exact) mass is 432 g/mol. The molecule has 11 unspecified atom stereocenters. The van der Waals surface area contributed by atoms with Gasteiger partial charge in [-0.3, -0.25) is 0 Å². The lowest BCUT2D eigenvalue weighted by atomic mass is 9.65. The highest BCUT2D eigenvalue weighted by Gasteiger charge is 2.61. The maximum absolute atomic E-state index is 10.8. The molecule has 0 aromatic heterocycles. The fraction of sp³-hybridized carbons (Fsp3) is 0.846. The van der Waals surface area contributed by atoms with E-state index >= 15 is 0 Å². The lowest BCUT2D eigenvalue weighted by Gasteiger charge is -2.53. The highest BCUT2D eigenvalue weighted by Crippen LogP contribution is 2.54. The first-order valence-corrected chi connectivity index (χ1v) is 12.3. The smallest absolute Gasteiger partial charge is 0.0810 e. The average Bonchev–Trinajstić information content (AvgIpc) is 3.09. The molecule has 31 heavy (non-hydrogen) atoms. The molecule has 5 heteroatoms. The van der Waals surface area contributed by atoms with Crippen LogP contribution in [0.15, 0.2) is 23.8 Å². The van der Waals surface area contributed by atoms with Crippen LogP contribution in [0, 0.1) is 29.6 Å². The number of methoxy groups -OCH3 is 1. The Kier molecular flexibility index (Phi) is 5.88. The van der Waals surface area contributed by atoms with Crippen LogP contribution in [0.3, 0.4) is 0 Å². The number of fused-ring (bicyclic) bond motifs is 6. The van der Waals surface area contributed by atoms with Crippen LogP contribution in [0.2, 0.25) is 0 Å². The molecule has 2 saturated heterocycles. The minimum Gasteiger partial charge on any atom is -0.393 e. The number of rotatable bonds is 3. The van der Waals surface area contributed by atoms with Gasteiger partial charge < -0.3 is 24.1 Å². The molecule has 5 nitrogen and oxygen atoms in total. The van der Waals surface area contributed by atoms with Gasteiger partial charge in [0.25, 0.3) is 0 Å². The number of allylic oxidation sites excluding steroid dienone is 2. The zero-order valence-electron chi connectivity index (χ0n) is 19.7. The van der Waals surface area contributed by atoms with Crippen molar-refractivity contribution in [1.29, 1.82) is 0 Å². The molecule has 2 saturated carbocycles. The molecular weight excluding hydrogens is 392 g/mol. The van der Waals surface area contributed by atoms with Gasteiger partial charge in [0, 0.05) is 37.2 Å². The summed E-state index contributed by atoms with van der Waals surface area (Å²) in [5, 5.41) is 10.8. The maximum atomic E-state index is 10.8. The molecule has 0 aromatic carbocycles. The second-order valence-electron chi connectivity index (χ2n) is 11.3. The molecule has 5 rings (SSSR count). The third kappa shape index (κ3) is 3.85. The van der Waals surface area contributed by atoms with Crippen molar-refractivity contribution < 1.29 is 24.1 Å². The van der Waals surface area contributed by atoms with Gasteiger partial charge in [-0.15, -0.1) is 0 Å².